The molecule has 1 aromatic heterocycles. The number of pyridine rings is 1. The monoisotopic (exact) mass is 481 g/mol. The molecule has 3 heterocycles. The largest absolute Gasteiger partial charge is 0.491 e. The van der Waals surface area contributed by atoms with Gasteiger partial charge in [-0.3, -0.25) is 14.4 Å². The molecule has 1 aromatic carbocycles. The lowest BCUT2D eigenvalue weighted by Crippen LogP contribution is -2.55. The van der Waals surface area contributed by atoms with Gasteiger partial charge in [-0.1, -0.05) is 17.7 Å². The number of nitrogens with zero attached hydrogens (tertiary/aromatic N) is 2. The molecule has 0 unspecified atom stereocenters. The molecule has 4 rings (SSSR count). The van der Waals surface area contributed by atoms with Gasteiger partial charge in [-0.05, 0) is 19.4 Å². The number of carbonyl (C=O) groups is 2. The fourth-order valence-electron chi connectivity index (χ4n) is 4.40. The quantitative estimate of drug-likeness (QED) is 0.663. The van der Waals surface area contributed by atoms with E-state index in [0.29, 0.717) is 26.2 Å². The second-order valence-corrected chi connectivity index (χ2v) is 8.15. The highest BCUT2D eigenvalue weighted by atomic mass is 35.5. The van der Waals surface area contributed by atoms with Crippen LogP contribution in [0.2, 0.25) is 5.02 Å². The zero-order valence-electron chi connectivity index (χ0n) is 18.0. The smallest absolute Gasteiger partial charge is 0.274 e. The molecule has 0 bridgehead atoms. The number of fused-ring (bicyclic) bond motifs is 3. The van der Waals surface area contributed by atoms with E-state index < -0.39 is 28.0 Å². The van der Waals surface area contributed by atoms with Crippen LogP contribution in [0.15, 0.2) is 23.1 Å². The van der Waals surface area contributed by atoms with Crippen molar-refractivity contribution in [3.05, 3.63) is 62.0 Å². The molecule has 33 heavy (non-hydrogen) atoms. The minimum absolute atomic E-state index is 0.0435. The fraction of sp³-hybridized carbons (Fsp3) is 0.409. The Morgan fingerprint density at radius 2 is 2.06 bits per heavy atom. The van der Waals surface area contributed by atoms with Crippen molar-refractivity contribution in [2.45, 2.75) is 32.0 Å². The van der Waals surface area contributed by atoms with E-state index in [1.165, 1.54) is 13.3 Å². The van der Waals surface area contributed by atoms with E-state index in [-0.39, 0.29) is 47.1 Å². The summed E-state index contributed by atoms with van der Waals surface area (Å²) < 4.78 is 40.0. The number of nitrogens with one attached hydrogen (secondary N) is 1. The van der Waals surface area contributed by atoms with Crippen molar-refractivity contribution >= 4 is 23.4 Å². The molecule has 1 fully saturated rings. The number of ether oxygens (including phenoxy) is 2. The van der Waals surface area contributed by atoms with Crippen LogP contribution in [-0.4, -0.2) is 54.2 Å². The van der Waals surface area contributed by atoms with Gasteiger partial charge in [-0.25, -0.2) is 8.78 Å². The first kappa shape index (κ1) is 23.2. The van der Waals surface area contributed by atoms with Gasteiger partial charge in [-0.15, -0.1) is 0 Å². The van der Waals surface area contributed by atoms with E-state index in [9.17, 15) is 23.2 Å². The average molecular weight is 482 g/mol. The summed E-state index contributed by atoms with van der Waals surface area (Å²) in [5.74, 6) is -3.31. The number of amides is 2. The van der Waals surface area contributed by atoms with Crippen molar-refractivity contribution < 1.29 is 27.8 Å². The molecule has 2 atom stereocenters. The van der Waals surface area contributed by atoms with Crippen molar-refractivity contribution in [1.29, 1.82) is 0 Å². The number of methoxy groups -OCH3 is 1. The number of likely N-dealkylation sites (N-methyl/N-ethyl adjacent to an activating group) is 1. The summed E-state index contributed by atoms with van der Waals surface area (Å²) in [5, 5.41) is 1.78. The normalized spacial score (nSPS) is 19.7. The predicted octanol–water partition coefficient (Wildman–Crippen LogP) is 2.52. The zero-order valence-corrected chi connectivity index (χ0v) is 18.7. The van der Waals surface area contributed by atoms with Crippen LogP contribution in [0.5, 0.6) is 5.75 Å². The molecule has 2 aromatic rings. The standard InChI is InChI=1S/C22H22ClF2N3O5/c1-3-27-15-10-33-7-6-14(15)28-9-12(19(29)20(32-2)18(28)22(27)31)21(30)26-8-11-4-5-13(24)16(23)17(11)25/h4-5,9,14-15H,3,6-8,10H2,1-2H3,(H,26,30)/t14-,15-/m1/s1. The average Bonchev–Trinajstić information content (AvgIpc) is 2.82. The van der Waals surface area contributed by atoms with Crippen molar-refractivity contribution in [3.63, 3.8) is 0 Å². The number of halogens is 3. The first-order valence-electron chi connectivity index (χ1n) is 10.4. The van der Waals surface area contributed by atoms with E-state index in [1.807, 2.05) is 6.92 Å². The molecule has 11 heteroatoms. The highest BCUT2D eigenvalue weighted by Gasteiger charge is 2.43. The van der Waals surface area contributed by atoms with Crippen molar-refractivity contribution in [2.75, 3.05) is 26.9 Å². The number of carbonyl (C=O) groups excluding carboxylic acids is 2. The highest BCUT2D eigenvalue weighted by Crippen LogP contribution is 2.35. The Morgan fingerprint density at radius 1 is 1.30 bits per heavy atom. The van der Waals surface area contributed by atoms with Crippen molar-refractivity contribution in [1.82, 2.24) is 14.8 Å². The lowest BCUT2D eigenvalue weighted by atomic mass is 9.96. The van der Waals surface area contributed by atoms with Crippen LogP contribution < -0.4 is 15.5 Å². The molecule has 0 saturated carbocycles. The number of hydrogen-bond donors (Lipinski definition) is 1. The number of aromatic nitrogens is 1. The predicted molar refractivity (Wildman–Crippen MR) is 115 cm³/mol. The van der Waals surface area contributed by atoms with Gasteiger partial charge in [0.25, 0.3) is 11.8 Å². The molecule has 1 saturated heterocycles. The lowest BCUT2D eigenvalue weighted by Gasteiger charge is -2.45. The van der Waals surface area contributed by atoms with E-state index >= 15 is 0 Å². The molecule has 176 valence electrons. The molecule has 0 aliphatic carbocycles. The SMILES string of the molecule is CCN1C(=O)c2c(OC)c(=O)c(C(=O)NCc3ccc(F)c(Cl)c3F)cn2[C@@H]2CCOC[C@H]21. The molecule has 2 aliphatic heterocycles. The molecule has 2 aliphatic rings. The third-order valence-electron chi connectivity index (χ3n) is 6.05. The molecule has 1 N–H and O–H groups in total. The van der Waals surface area contributed by atoms with Crippen LogP contribution in [0.25, 0.3) is 0 Å². The first-order chi connectivity index (χ1) is 15.8. The van der Waals surface area contributed by atoms with Gasteiger partial charge < -0.3 is 24.3 Å². The summed E-state index contributed by atoms with van der Waals surface area (Å²) in [6, 6.07) is 1.69. The lowest BCUT2D eigenvalue weighted by molar-refractivity contribution is -0.0176. The van der Waals surface area contributed by atoms with Crippen LogP contribution in [0.1, 0.15) is 45.8 Å². The minimum atomic E-state index is -0.994. The second kappa shape index (κ2) is 9.11. The summed E-state index contributed by atoms with van der Waals surface area (Å²) in [6.45, 7) is 2.75. The van der Waals surface area contributed by atoms with Crippen molar-refractivity contribution in [3.8, 4) is 5.75 Å². The van der Waals surface area contributed by atoms with E-state index in [4.69, 9.17) is 21.1 Å². The van der Waals surface area contributed by atoms with Gasteiger partial charge >= 0.3 is 0 Å². The molecule has 8 nitrogen and oxygen atoms in total. The van der Waals surface area contributed by atoms with Crippen LogP contribution in [0.3, 0.4) is 0 Å². The van der Waals surface area contributed by atoms with Gasteiger partial charge in [-0.2, -0.15) is 0 Å². The van der Waals surface area contributed by atoms with Gasteiger partial charge in [0.15, 0.2) is 11.4 Å². The maximum absolute atomic E-state index is 14.2. The molecular formula is C22H22ClF2N3O5. The highest BCUT2D eigenvalue weighted by molar-refractivity contribution is 6.30. The molecular weight excluding hydrogens is 460 g/mol. The topological polar surface area (TPSA) is 89.9 Å². The summed E-state index contributed by atoms with van der Waals surface area (Å²) in [5.41, 5.74) is -0.973. The number of benzene rings is 1. The Morgan fingerprint density at radius 3 is 2.76 bits per heavy atom. The van der Waals surface area contributed by atoms with Crippen LogP contribution in [0, 0.1) is 11.6 Å². The Balaban J connectivity index is 1.72. The Labute approximate surface area is 193 Å². The number of hydrogen-bond acceptors (Lipinski definition) is 5. The van der Waals surface area contributed by atoms with Gasteiger partial charge in [0.2, 0.25) is 5.43 Å². The third-order valence-corrected chi connectivity index (χ3v) is 6.39. The van der Waals surface area contributed by atoms with Crippen molar-refractivity contribution in [2.24, 2.45) is 0 Å². The third kappa shape index (κ3) is 3.87. The summed E-state index contributed by atoms with van der Waals surface area (Å²) in [4.78, 5) is 40.7. The van der Waals surface area contributed by atoms with Crippen LogP contribution in [-0.2, 0) is 11.3 Å². The van der Waals surface area contributed by atoms with E-state index in [2.05, 4.69) is 5.32 Å². The zero-order chi connectivity index (χ0) is 23.9. The maximum Gasteiger partial charge on any atom is 0.274 e. The van der Waals surface area contributed by atoms with E-state index in [0.717, 1.165) is 12.1 Å². The first-order valence-corrected chi connectivity index (χ1v) is 10.8. The second-order valence-electron chi connectivity index (χ2n) is 7.77. The molecule has 0 radical (unpaired) electrons. The Bertz CT molecular complexity index is 1190. The summed E-state index contributed by atoms with van der Waals surface area (Å²) in [6.07, 6.45) is 1.92. The summed E-state index contributed by atoms with van der Waals surface area (Å²) >= 11 is 5.58. The van der Waals surface area contributed by atoms with Crippen LogP contribution in [0.4, 0.5) is 8.78 Å². The van der Waals surface area contributed by atoms with E-state index in [1.54, 1.807) is 9.47 Å². The minimum Gasteiger partial charge on any atom is -0.491 e. The summed E-state index contributed by atoms with van der Waals surface area (Å²) in [7, 11) is 1.26. The molecule has 0 spiro atoms. The fourth-order valence-corrected chi connectivity index (χ4v) is 4.59. The maximum atomic E-state index is 14.2. The Kier molecular flexibility index (Phi) is 6.40. The van der Waals surface area contributed by atoms with Gasteiger partial charge in [0.1, 0.15) is 22.2 Å². The molecule has 2 amide bonds. The van der Waals surface area contributed by atoms with Gasteiger partial charge in [0, 0.05) is 31.5 Å². The van der Waals surface area contributed by atoms with Gasteiger partial charge in [0.05, 0.1) is 25.8 Å². The Hall–Kier alpha value is -2.98. The number of rotatable bonds is 5. The van der Waals surface area contributed by atoms with Crippen LogP contribution >= 0.6 is 11.6 Å².